The Bertz CT molecular complexity index is 726. The van der Waals surface area contributed by atoms with Crippen LogP contribution in [0.5, 0.6) is 0 Å². The number of thiocarbonyl (C=S) groups is 1. The molecule has 0 aliphatic rings. The molecule has 21 heavy (non-hydrogen) atoms. The summed E-state index contributed by atoms with van der Waals surface area (Å²) in [5.41, 5.74) is 6.55. The smallest absolute Gasteiger partial charge is 0.252 e. The van der Waals surface area contributed by atoms with E-state index in [-0.39, 0.29) is 9.20 Å². The predicted molar refractivity (Wildman–Crippen MR) is 88.0 cm³/mol. The van der Waals surface area contributed by atoms with Crippen LogP contribution in [0.25, 0.3) is 0 Å². The normalized spacial score (nSPS) is 11.7. The van der Waals surface area contributed by atoms with Crippen LogP contribution in [-0.4, -0.2) is 36.3 Å². The van der Waals surface area contributed by atoms with Crippen LogP contribution in [0.15, 0.2) is 40.9 Å². The first-order valence-corrected chi connectivity index (χ1v) is 8.82. The number of aromatic nitrogens is 1. The molecule has 0 aliphatic heterocycles. The molecule has 112 valence electrons. The predicted octanol–water partition coefficient (Wildman–Crippen LogP) is 1.64. The van der Waals surface area contributed by atoms with Gasteiger partial charge in [0, 0.05) is 26.0 Å². The van der Waals surface area contributed by atoms with Crippen molar-refractivity contribution < 1.29 is 8.42 Å². The lowest BCUT2D eigenvalue weighted by Crippen LogP contribution is -2.28. The molecule has 8 heteroatoms. The quantitative estimate of drug-likeness (QED) is 0.808. The van der Waals surface area contributed by atoms with Gasteiger partial charge in [-0.25, -0.2) is 8.42 Å². The summed E-state index contributed by atoms with van der Waals surface area (Å²) >= 11 is 5.94. The van der Waals surface area contributed by atoms with Crippen molar-refractivity contribution in [3.05, 3.63) is 47.1 Å². The van der Waals surface area contributed by atoms with Crippen LogP contribution in [-0.2, 0) is 16.4 Å². The molecule has 5 nitrogen and oxygen atoms in total. The largest absolute Gasteiger partial charge is 0.389 e. The van der Waals surface area contributed by atoms with E-state index < -0.39 is 10.0 Å². The van der Waals surface area contributed by atoms with Gasteiger partial charge in [0.15, 0.2) is 0 Å². The summed E-state index contributed by atoms with van der Waals surface area (Å²) in [5, 5.41) is 0. The van der Waals surface area contributed by atoms with Gasteiger partial charge in [-0.3, -0.25) is 4.98 Å². The maximum absolute atomic E-state index is 12.4. The third-order valence-corrected chi connectivity index (χ3v) is 6.75. The van der Waals surface area contributed by atoms with Crippen LogP contribution in [0.4, 0.5) is 0 Å². The molecule has 0 amide bonds. The topological polar surface area (TPSA) is 76.3 Å². The van der Waals surface area contributed by atoms with Crippen LogP contribution in [0.2, 0.25) is 0 Å². The second-order valence-electron chi connectivity index (χ2n) is 4.41. The lowest BCUT2D eigenvalue weighted by Gasteiger charge is -2.15. The minimum atomic E-state index is -3.50. The third-order valence-electron chi connectivity index (χ3n) is 2.95. The standard InChI is InChI=1S/C13H15N3O2S3/c1-16(9-6-10-4-7-15-8-5-10)21(17,18)12-3-2-11(20-12)13(14)19/h2-5,7-8H,6,9H2,1H3,(H2,14,19). The SMILES string of the molecule is CN(CCc1ccncc1)S(=O)(=O)c1ccc(C(N)=S)s1. The van der Waals surface area contributed by atoms with Gasteiger partial charge in [-0.15, -0.1) is 11.3 Å². The molecule has 0 saturated heterocycles. The fourth-order valence-electron chi connectivity index (χ4n) is 1.70. The Morgan fingerprint density at radius 3 is 2.57 bits per heavy atom. The molecule has 0 aliphatic carbocycles. The lowest BCUT2D eigenvalue weighted by molar-refractivity contribution is 0.474. The van der Waals surface area contributed by atoms with Crippen molar-refractivity contribution in [1.82, 2.24) is 9.29 Å². The molecule has 0 unspecified atom stereocenters. The highest BCUT2D eigenvalue weighted by Crippen LogP contribution is 2.24. The number of sulfonamides is 1. The fourth-order valence-corrected chi connectivity index (χ4v) is 4.43. The van der Waals surface area contributed by atoms with Crippen LogP contribution in [0.3, 0.4) is 0 Å². The molecule has 0 saturated carbocycles. The zero-order valence-corrected chi connectivity index (χ0v) is 13.8. The summed E-state index contributed by atoms with van der Waals surface area (Å²) in [7, 11) is -1.93. The summed E-state index contributed by atoms with van der Waals surface area (Å²) in [5.74, 6) is 0. The van der Waals surface area contributed by atoms with Crippen molar-refractivity contribution >= 4 is 38.6 Å². The number of likely N-dealkylation sites (N-methyl/N-ethyl adjacent to an activating group) is 1. The molecule has 2 aromatic heterocycles. The van der Waals surface area contributed by atoms with E-state index in [9.17, 15) is 8.42 Å². The van der Waals surface area contributed by atoms with E-state index in [1.807, 2.05) is 12.1 Å². The van der Waals surface area contributed by atoms with Crippen molar-refractivity contribution in [3.8, 4) is 0 Å². The molecule has 0 bridgehead atoms. The highest BCUT2D eigenvalue weighted by atomic mass is 32.2. The molecular weight excluding hydrogens is 326 g/mol. The van der Waals surface area contributed by atoms with Crippen LogP contribution >= 0.6 is 23.6 Å². The number of rotatable bonds is 6. The summed E-state index contributed by atoms with van der Waals surface area (Å²) in [4.78, 5) is 4.75. The monoisotopic (exact) mass is 341 g/mol. The number of nitrogens with two attached hydrogens (primary N) is 1. The first kappa shape index (κ1) is 16.0. The molecule has 2 aromatic rings. The average Bonchev–Trinajstić information content (AvgIpc) is 2.96. The number of nitrogens with zero attached hydrogens (tertiary/aromatic N) is 2. The minimum Gasteiger partial charge on any atom is -0.389 e. The molecule has 0 aromatic carbocycles. The second-order valence-corrected chi connectivity index (χ2v) is 8.21. The summed E-state index contributed by atoms with van der Waals surface area (Å²) in [6, 6.07) is 6.92. The molecule has 2 N–H and O–H groups in total. The van der Waals surface area contributed by atoms with Crippen molar-refractivity contribution in [3.63, 3.8) is 0 Å². The van der Waals surface area contributed by atoms with Crippen molar-refractivity contribution in [2.45, 2.75) is 10.6 Å². The highest BCUT2D eigenvalue weighted by molar-refractivity contribution is 7.91. The zero-order valence-electron chi connectivity index (χ0n) is 11.4. The van der Waals surface area contributed by atoms with Gasteiger partial charge in [0.05, 0.1) is 4.88 Å². The van der Waals surface area contributed by atoms with Gasteiger partial charge in [0.2, 0.25) is 0 Å². The first-order chi connectivity index (χ1) is 9.91. The summed E-state index contributed by atoms with van der Waals surface area (Å²) in [6.07, 6.45) is 4.01. The van der Waals surface area contributed by atoms with E-state index in [4.69, 9.17) is 18.0 Å². The van der Waals surface area contributed by atoms with Gasteiger partial charge in [0.25, 0.3) is 10.0 Å². The van der Waals surface area contributed by atoms with Crippen molar-refractivity contribution in [2.75, 3.05) is 13.6 Å². The highest BCUT2D eigenvalue weighted by Gasteiger charge is 2.22. The molecule has 2 heterocycles. The number of hydrogen-bond acceptors (Lipinski definition) is 5. The first-order valence-electron chi connectivity index (χ1n) is 6.16. The van der Waals surface area contributed by atoms with Crippen molar-refractivity contribution in [1.29, 1.82) is 0 Å². The Morgan fingerprint density at radius 2 is 2.00 bits per heavy atom. The van der Waals surface area contributed by atoms with Crippen molar-refractivity contribution in [2.24, 2.45) is 5.73 Å². The maximum Gasteiger partial charge on any atom is 0.252 e. The summed E-state index contributed by atoms with van der Waals surface area (Å²) in [6.45, 7) is 0.395. The van der Waals surface area contributed by atoms with Crippen LogP contribution in [0.1, 0.15) is 10.4 Å². The Kier molecular flexibility index (Phi) is 5.04. The third kappa shape index (κ3) is 3.85. The zero-order chi connectivity index (χ0) is 15.5. The Labute approximate surface area is 133 Å². The fraction of sp³-hybridized carbons (Fsp3) is 0.231. The minimum absolute atomic E-state index is 0.209. The van der Waals surface area contributed by atoms with Gasteiger partial charge >= 0.3 is 0 Å². The summed E-state index contributed by atoms with van der Waals surface area (Å²) < 4.78 is 26.4. The number of hydrogen-bond donors (Lipinski definition) is 1. The van der Waals surface area contributed by atoms with Gasteiger partial charge in [-0.1, -0.05) is 12.2 Å². The average molecular weight is 341 g/mol. The molecule has 2 rings (SSSR count). The Morgan fingerprint density at radius 1 is 1.33 bits per heavy atom. The molecule has 0 radical (unpaired) electrons. The van der Waals surface area contributed by atoms with E-state index in [0.29, 0.717) is 17.8 Å². The second kappa shape index (κ2) is 6.61. The Balaban J connectivity index is 2.09. The van der Waals surface area contributed by atoms with E-state index in [1.165, 1.54) is 10.4 Å². The van der Waals surface area contributed by atoms with Gasteiger partial charge in [-0.2, -0.15) is 4.31 Å². The number of pyridine rings is 1. The van der Waals surface area contributed by atoms with E-state index in [0.717, 1.165) is 16.9 Å². The molecular formula is C13H15N3O2S3. The lowest BCUT2D eigenvalue weighted by atomic mass is 10.2. The van der Waals surface area contributed by atoms with Gasteiger partial charge in [-0.05, 0) is 36.2 Å². The molecule has 0 spiro atoms. The van der Waals surface area contributed by atoms with Crippen LogP contribution in [0, 0.1) is 0 Å². The van der Waals surface area contributed by atoms with Gasteiger partial charge in [0.1, 0.15) is 9.20 Å². The Hall–Kier alpha value is -1.35. The van der Waals surface area contributed by atoms with E-state index >= 15 is 0 Å². The molecule has 0 atom stereocenters. The molecule has 0 fully saturated rings. The van der Waals surface area contributed by atoms with E-state index in [1.54, 1.807) is 25.5 Å². The van der Waals surface area contributed by atoms with E-state index in [2.05, 4.69) is 4.98 Å². The van der Waals surface area contributed by atoms with Gasteiger partial charge < -0.3 is 5.73 Å². The van der Waals surface area contributed by atoms with Crippen LogP contribution < -0.4 is 5.73 Å². The number of thiophene rings is 1. The maximum atomic E-state index is 12.4.